The lowest BCUT2D eigenvalue weighted by Crippen LogP contribution is -2.41. The second-order valence-electron chi connectivity index (χ2n) is 6.17. The van der Waals surface area contributed by atoms with E-state index >= 15 is 0 Å². The van der Waals surface area contributed by atoms with Crippen molar-refractivity contribution in [2.24, 2.45) is 0 Å². The number of nitrogens with one attached hydrogen (secondary N) is 1. The summed E-state index contributed by atoms with van der Waals surface area (Å²) in [6.45, 7) is 4.94. The molecule has 23 heavy (non-hydrogen) atoms. The molecule has 0 aliphatic carbocycles. The number of rotatable bonds is 7. The van der Waals surface area contributed by atoms with Crippen molar-refractivity contribution in [1.29, 1.82) is 0 Å². The van der Waals surface area contributed by atoms with E-state index in [1.54, 1.807) is 11.3 Å². The maximum atomic E-state index is 11.9. The zero-order valence-electron chi connectivity index (χ0n) is 14.0. The smallest absolute Gasteiger partial charge is 0.234 e. The summed E-state index contributed by atoms with van der Waals surface area (Å²) in [7, 11) is -1.10. The average Bonchev–Trinajstić information content (AvgIpc) is 2.98. The van der Waals surface area contributed by atoms with E-state index in [0.717, 1.165) is 23.5 Å². The fourth-order valence-corrected chi connectivity index (χ4v) is 5.43. The molecule has 1 aromatic heterocycles. The van der Waals surface area contributed by atoms with Crippen molar-refractivity contribution in [3.05, 3.63) is 15.6 Å². The number of carbonyl (C=O) groups is 1. The number of hydrogen-bond acceptors (Lipinski definition) is 6. The summed E-state index contributed by atoms with van der Waals surface area (Å²) in [6.07, 6.45) is 2.35. The van der Waals surface area contributed by atoms with Gasteiger partial charge in [-0.15, -0.1) is 11.3 Å². The van der Waals surface area contributed by atoms with E-state index in [0.29, 0.717) is 13.0 Å². The second-order valence-corrected chi connectivity index (χ2v) is 9.69. The third kappa shape index (κ3) is 5.54. The van der Waals surface area contributed by atoms with E-state index in [-0.39, 0.29) is 30.0 Å². The van der Waals surface area contributed by atoms with Gasteiger partial charge in [-0.2, -0.15) is 0 Å². The van der Waals surface area contributed by atoms with Gasteiger partial charge in [0, 0.05) is 23.9 Å². The van der Waals surface area contributed by atoms with Crippen LogP contribution in [-0.2, 0) is 21.1 Å². The van der Waals surface area contributed by atoms with Crippen molar-refractivity contribution in [3.8, 4) is 0 Å². The van der Waals surface area contributed by atoms with Gasteiger partial charge >= 0.3 is 0 Å². The Balaban J connectivity index is 1.65. The minimum Gasteiger partial charge on any atom is -0.355 e. The topological polar surface area (TPSA) is 79.4 Å². The fraction of sp³-hybridized carbons (Fsp3) is 0.733. The molecule has 0 unspecified atom stereocenters. The van der Waals surface area contributed by atoms with Crippen molar-refractivity contribution < 1.29 is 13.2 Å². The summed E-state index contributed by atoms with van der Waals surface area (Å²) in [5.41, 5.74) is 1.09. The zero-order valence-corrected chi connectivity index (χ0v) is 15.6. The number of hydrogen-bond donors (Lipinski definition) is 1. The molecule has 1 aromatic rings. The molecule has 1 atom stereocenters. The molecule has 2 heterocycles. The van der Waals surface area contributed by atoms with Gasteiger partial charge in [-0.25, -0.2) is 13.4 Å². The van der Waals surface area contributed by atoms with Gasteiger partial charge in [0.1, 0.15) is 0 Å². The van der Waals surface area contributed by atoms with Gasteiger partial charge < -0.3 is 5.32 Å². The average molecular weight is 360 g/mol. The zero-order chi connectivity index (χ0) is 17.0. The molecule has 1 fully saturated rings. The van der Waals surface area contributed by atoms with Crippen LogP contribution in [-0.4, -0.2) is 61.9 Å². The molecule has 0 spiro atoms. The van der Waals surface area contributed by atoms with Gasteiger partial charge in [-0.3, -0.25) is 9.69 Å². The quantitative estimate of drug-likeness (QED) is 0.733. The molecule has 0 bridgehead atoms. The molecule has 8 heteroatoms. The largest absolute Gasteiger partial charge is 0.355 e. The third-order valence-electron chi connectivity index (χ3n) is 4.19. The molecule has 0 aromatic carbocycles. The highest BCUT2D eigenvalue weighted by atomic mass is 32.2. The summed E-state index contributed by atoms with van der Waals surface area (Å²) in [5.74, 6) is 0.346. The van der Waals surface area contributed by atoms with E-state index in [9.17, 15) is 13.2 Å². The predicted octanol–water partition coefficient (Wildman–Crippen LogP) is 0.928. The van der Waals surface area contributed by atoms with E-state index in [2.05, 4.69) is 17.2 Å². The van der Waals surface area contributed by atoms with Crippen LogP contribution >= 0.6 is 11.3 Å². The van der Waals surface area contributed by atoms with E-state index in [1.165, 1.54) is 4.88 Å². The molecule has 6 nitrogen and oxygen atoms in total. The van der Waals surface area contributed by atoms with Crippen LogP contribution in [0.5, 0.6) is 0 Å². The number of aromatic nitrogens is 1. The Bertz CT molecular complexity index is 635. The molecule has 1 aliphatic heterocycles. The Hall–Kier alpha value is -0.990. The number of thiazole rings is 1. The predicted molar refractivity (Wildman–Crippen MR) is 92.6 cm³/mol. The molecule has 1 amide bonds. The standard InChI is InChI=1S/C15H25N3O3S2/c1-11-12(2)22-15(17-11)5-4-7-16-14(19)9-18(3)13-6-8-23(20,21)10-13/h13H,4-10H2,1-3H3,(H,16,19)/t13-/m0/s1. The Morgan fingerprint density at radius 1 is 1.43 bits per heavy atom. The highest BCUT2D eigenvalue weighted by molar-refractivity contribution is 7.91. The number of carbonyl (C=O) groups excluding carboxylic acids is 1. The first-order valence-electron chi connectivity index (χ1n) is 7.87. The van der Waals surface area contributed by atoms with E-state index in [1.807, 2.05) is 18.9 Å². The number of sulfone groups is 1. The molecule has 0 radical (unpaired) electrons. The monoisotopic (exact) mass is 359 g/mol. The van der Waals surface area contributed by atoms with Crippen LogP contribution < -0.4 is 5.32 Å². The highest BCUT2D eigenvalue weighted by Crippen LogP contribution is 2.17. The first-order valence-corrected chi connectivity index (χ1v) is 10.5. The van der Waals surface area contributed by atoms with Gasteiger partial charge in [0.15, 0.2) is 9.84 Å². The number of aryl methyl sites for hydroxylation is 3. The SMILES string of the molecule is Cc1nc(CCCNC(=O)CN(C)[C@H]2CCS(=O)(=O)C2)sc1C. The summed E-state index contributed by atoms with van der Waals surface area (Å²) in [5, 5.41) is 4.01. The van der Waals surface area contributed by atoms with Gasteiger partial charge in [0.2, 0.25) is 5.91 Å². The number of likely N-dealkylation sites (N-methyl/N-ethyl adjacent to an activating group) is 1. The van der Waals surface area contributed by atoms with Crippen molar-refractivity contribution in [2.75, 3.05) is 31.6 Å². The van der Waals surface area contributed by atoms with Crippen LogP contribution in [0, 0.1) is 13.8 Å². The van der Waals surface area contributed by atoms with Gasteiger partial charge in [0.05, 0.1) is 28.8 Å². The number of amides is 1. The van der Waals surface area contributed by atoms with Gasteiger partial charge in [-0.05, 0) is 33.7 Å². The first-order chi connectivity index (χ1) is 10.8. The van der Waals surface area contributed by atoms with E-state index < -0.39 is 9.84 Å². The van der Waals surface area contributed by atoms with Crippen LogP contribution in [0.2, 0.25) is 0 Å². The minimum absolute atomic E-state index is 0.0352. The lowest BCUT2D eigenvalue weighted by Gasteiger charge is -2.22. The number of nitrogens with zero attached hydrogens (tertiary/aromatic N) is 2. The summed E-state index contributed by atoms with van der Waals surface area (Å²) < 4.78 is 22.9. The Morgan fingerprint density at radius 3 is 2.74 bits per heavy atom. The molecule has 2 rings (SSSR count). The first kappa shape index (κ1) is 18.4. The fourth-order valence-electron chi connectivity index (χ4n) is 2.65. The molecule has 1 saturated heterocycles. The van der Waals surface area contributed by atoms with E-state index in [4.69, 9.17) is 0 Å². The lowest BCUT2D eigenvalue weighted by molar-refractivity contribution is -0.122. The second kappa shape index (κ2) is 7.72. The summed E-state index contributed by atoms with van der Waals surface area (Å²) in [6, 6.07) is -0.0352. The van der Waals surface area contributed by atoms with Crippen LogP contribution in [0.25, 0.3) is 0 Å². The molecule has 1 N–H and O–H groups in total. The summed E-state index contributed by atoms with van der Waals surface area (Å²) >= 11 is 1.71. The Kier molecular flexibility index (Phi) is 6.16. The van der Waals surface area contributed by atoms with Crippen LogP contribution in [0.3, 0.4) is 0 Å². The van der Waals surface area contributed by atoms with Crippen molar-refractivity contribution in [3.63, 3.8) is 0 Å². The Morgan fingerprint density at radius 2 is 2.17 bits per heavy atom. The lowest BCUT2D eigenvalue weighted by atomic mass is 10.2. The van der Waals surface area contributed by atoms with Crippen molar-refractivity contribution in [2.45, 2.75) is 39.2 Å². The minimum atomic E-state index is -2.91. The normalized spacial score (nSPS) is 20.1. The maximum absolute atomic E-state index is 11.9. The van der Waals surface area contributed by atoms with Gasteiger partial charge in [0.25, 0.3) is 0 Å². The molecular formula is C15H25N3O3S2. The molecule has 1 aliphatic rings. The molecule has 130 valence electrons. The highest BCUT2D eigenvalue weighted by Gasteiger charge is 2.31. The van der Waals surface area contributed by atoms with Crippen LogP contribution in [0.15, 0.2) is 0 Å². The van der Waals surface area contributed by atoms with Crippen LogP contribution in [0.4, 0.5) is 0 Å². The van der Waals surface area contributed by atoms with Crippen molar-refractivity contribution >= 4 is 27.1 Å². The maximum Gasteiger partial charge on any atom is 0.234 e. The summed E-state index contributed by atoms with van der Waals surface area (Å²) in [4.78, 5) is 19.5. The van der Waals surface area contributed by atoms with Gasteiger partial charge in [-0.1, -0.05) is 0 Å². The Labute approximate surface area is 142 Å². The molecular weight excluding hydrogens is 334 g/mol. The van der Waals surface area contributed by atoms with Crippen molar-refractivity contribution in [1.82, 2.24) is 15.2 Å². The third-order valence-corrected chi connectivity index (χ3v) is 7.07. The van der Waals surface area contributed by atoms with Crippen LogP contribution in [0.1, 0.15) is 28.4 Å². The molecule has 0 saturated carbocycles.